The third-order valence-corrected chi connectivity index (χ3v) is 7.48. The lowest BCUT2D eigenvalue weighted by Crippen LogP contribution is -2.35. The number of carbonyl (C=O) groups is 1. The molecule has 1 aromatic heterocycles. The summed E-state index contributed by atoms with van der Waals surface area (Å²) in [6, 6.07) is 15.0. The molecule has 1 amide bonds. The molecule has 4 aromatic rings. The molecule has 0 saturated heterocycles. The molecule has 8 heteroatoms. The maximum atomic E-state index is 13.5. The Morgan fingerprint density at radius 2 is 1.67 bits per heavy atom. The number of benzene rings is 3. The van der Waals surface area contributed by atoms with E-state index in [0.717, 1.165) is 21.2 Å². The lowest BCUT2D eigenvalue weighted by atomic mass is 10.0. The summed E-state index contributed by atoms with van der Waals surface area (Å²) in [4.78, 5) is 23.9. The molecule has 0 aliphatic carbocycles. The Bertz CT molecular complexity index is 1430. The van der Waals surface area contributed by atoms with Crippen molar-refractivity contribution >= 4 is 54.0 Å². The number of sulfonamides is 1. The summed E-state index contributed by atoms with van der Waals surface area (Å²) in [7, 11) is -4.17. The summed E-state index contributed by atoms with van der Waals surface area (Å²) in [6.07, 6.45) is 0. The first kappa shape index (κ1) is 20.3. The molecule has 154 valence electrons. The Balaban J connectivity index is 1.98. The van der Waals surface area contributed by atoms with Gasteiger partial charge < -0.3 is 4.42 Å². The molecule has 0 aliphatic rings. The van der Waals surface area contributed by atoms with Gasteiger partial charge in [0.25, 0.3) is 10.0 Å². The van der Waals surface area contributed by atoms with Gasteiger partial charge in [-0.1, -0.05) is 61.6 Å². The van der Waals surface area contributed by atoms with Gasteiger partial charge in [-0.25, -0.2) is 17.5 Å². The number of hydrogen-bond donors (Lipinski definition) is 0. The van der Waals surface area contributed by atoms with Gasteiger partial charge >= 0.3 is 4.94 Å². The van der Waals surface area contributed by atoms with Crippen LogP contribution in [0.1, 0.15) is 32.3 Å². The predicted octanol–water partition coefficient (Wildman–Crippen LogP) is 4.87. The van der Waals surface area contributed by atoms with Crippen molar-refractivity contribution in [1.29, 1.82) is 0 Å². The molecule has 0 unspecified atom stereocenters. The highest BCUT2D eigenvalue weighted by Crippen LogP contribution is 2.37. The van der Waals surface area contributed by atoms with Crippen molar-refractivity contribution in [3.05, 3.63) is 69.9 Å². The molecule has 0 aliphatic heterocycles. The average molecular weight is 442 g/mol. The van der Waals surface area contributed by atoms with E-state index in [1.54, 1.807) is 36.4 Å². The van der Waals surface area contributed by atoms with Gasteiger partial charge in [0.05, 0.1) is 15.3 Å². The largest absolute Gasteiger partial charge is 0.413 e. The summed E-state index contributed by atoms with van der Waals surface area (Å²) in [5.41, 5.74) is 1.57. The van der Waals surface area contributed by atoms with Crippen LogP contribution in [-0.4, -0.2) is 14.3 Å². The van der Waals surface area contributed by atoms with Gasteiger partial charge in [-0.3, -0.25) is 4.79 Å². The summed E-state index contributed by atoms with van der Waals surface area (Å²) in [5.74, 6) is -0.399. The predicted molar refractivity (Wildman–Crippen MR) is 119 cm³/mol. The number of anilines is 1. The number of carbonyl (C=O) groups excluding carboxylic acids is 1. The zero-order valence-electron chi connectivity index (χ0n) is 16.6. The maximum absolute atomic E-state index is 13.5. The van der Waals surface area contributed by atoms with Crippen LogP contribution in [0.2, 0.25) is 0 Å². The Morgan fingerprint density at radius 1 is 1.03 bits per heavy atom. The molecular weight excluding hydrogens is 422 g/mol. The molecule has 0 saturated carbocycles. The molecule has 0 atom stereocenters. The second kappa shape index (κ2) is 7.37. The van der Waals surface area contributed by atoms with Crippen LogP contribution in [0.4, 0.5) is 5.69 Å². The fourth-order valence-corrected chi connectivity index (χ4v) is 5.60. The van der Waals surface area contributed by atoms with Crippen molar-refractivity contribution in [2.45, 2.75) is 31.6 Å². The number of hydrogen-bond acceptors (Lipinski definition) is 6. The van der Waals surface area contributed by atoms with Crippen LogP contribution in [0.3, 0.4) is 0 Å². The molecule has 0 bridgehead atoms. The van der Waals surface area contributed by atoms with Crippen molar-refractivity contribution in [2.24, 2.45) is 0 Å². The fraction of sp³-hybridized carbons (Fsp3) is 0.182. The molecule has 1 heterocycles. The van der Waals surface area contributed by atoms with Crippen LogP contribution in [0, 0.1) is 0 Å². The van der Waals surface area contributed by atoms with Crippen LogP contribution in [0.25, 0.3) is 21.1 Å². The van der Waals surface area contributed by atoms with Crippen molar-refractivity contribution in [3.63, 3.8) is 0 Å². The Hall–Kier alpha value is -2.97. The van der Waals surface area contributed by atoms with E-state index in [1.165, 1.54) is 25.1 Å². The summed E-state index contributed by atoms with van der Waals surface area (Å²) in [5, 5.41) is 1.07. The second-order valence-electron chi connectivity index (χ2n) is 7.23. The van der Waals surface area contributed by atoms with E-state index in [4.69, 9.17) is 4.42 Å². The van der Waals surface area contributed by atoms with Crippen LogP contribution in [0.5, 0.6) is 0 Å². The number of rotatable bonds is 4. The van der Waals surface area contributed by atoms with E-state index >= 15 is 0 Å². The van der Waals surface area contributed by atoms with E-state index < -0.39 is 20.9 Å². The van der Waals surface area contributed by atoms with Crippen molar-refractivity contribution < 1.29 is 17.6 Å². The van der Waals surface area contributed by atoms with E-state index in [0.29, 0.717) is 21.1 Å². The molecule has 4 rings (SSSR count). The molecular formula is C22H19NO5S2. The third-order valence-electron chi connectivity index (χ3n) is 4.91. The minimum absolute atomic E-state index is 0.0201. The van der Waals surface area contributed by atoms with E-state index in [9.17, 15) is 18.0 Å². The zero-order valence-corrected chi connectivity index (χ0v) is 18.2. The first-order valence-electron chi connectivity index (χ1n) is 9.31. The molecule has 3 aromatic carbocycles. The molecule has 0 spiro atoms. The quantitative estimate of drug-likeness (QED) is 0.451. The Morgan fingerprint density at radius 3 is 2.27 bits per heavy atom. The highest BCUT2D eigenvalue weighted by atomic mass is 32.2. The maximum Gasteiger partial charge on any atom is 0.396 e. The van der Waals surface area contributed by atoms with Crippen LogP contribution in [0.15, 0.2) is 68.7 Å². The summed E-state index contributed by atoms with van der Waals surface area (Å²) >= 11 is 0.867. The smallest absolute Gasteiger partial charge is 0.396 e. The van der Waals surface area contributed by atoms with E-state index in [1.807, 2.05) is 13.8 Å². The first-order valence-corrected chi connectivity index (χ1v) is 11.6. The highest BCUT2D eigenvalue weighted by Gasteiger charge is 2.31. The normalized spacial score (nSPS) is 12.0. The summed E-state index contributed by atoms with van der Waals surface area (Å²) in [6.45, 7) is 5.24. The average Bonchev–Trinajstić information content (AvgIpc) is 3.08. The van der Waals surface area contributed by atoms with Crippen LogP contribution >= 0.6 is 11.3 Å². The zero-order chi connectivity index (χ0) is 21.6. The lowest BCUT2D eigenvalue weighted by molar-refractivity contribution is -0.115. The molecule has 6 nitrogen and oxygen atoms in total. The SMILES string of the molecule is CC(=O)N(c1cc2sc(=O)oc2c2ccccc12)S(=O)(=O)c1ccc(C(C)C)cc1. The van der Waals surface area contributed by atoms with Crippen LogP contribution in [-0.2, 0) is 14.8 Å². The lowest BCUT2D eigenvalue weighted by Gasteiger charge is -2.23. The minimum Gasteiger partial charge on any atom is -0.413 e. The van der Waals surface area contributed by atoms with Gasteiger partial charge in [0.1, 0.15) is 0 Å². The Labute approximate surface area is 177 Å². The van der Waals surface area contributed by atoms with Gasteiger partial charge in [-0.2, -0.15) is 0 Å². The summed E-state index contributed by atoms with van der Waals surface area (Å²) < 4.78 is 33.5. The Kier molecular flexibility index (Phi) is 4.99. The molecule has 0 fully saturated rings. The van der Waals surface area contributed by atoms with E-state index in [-0.39, 0.29) is 16.5 Å². The number of fused-ring (bicyclic) bond motifs is 3. The number of amides is 1. The van der Waals surface area contributed by atoms with Crippen LogP contribution < -0.4 is 9.24 Å². The van der Waals surface area contributed by atoms with Gasteiger partial charge in [0.15, 0.2) is 5.58 Å². The standard InChI is InChI=1S/C22H19NO5S2/c1-13(2)15-8-10-16(11-9-15)30(26,27)23(14(3)24)19-12-20-21(28-22(25)29-20)18-7-5-4-6-17(18)19/h4-13H,1-3H3. The van der Waals surface area contributed by atoms with Crippen molar-refractivity contribution in [1.82, 2.24) is 0 Å². The van der Waals surface area contributed by atoms with E-state index in [2.05, 4.69) is 0 Å². The fourth-order valence-electron chi connectivity index (χ4n) is 3.45. The van der Waals surface area contributed by atoms with Gasteiger partial charge in [0, 0.05) is 17.7 Å². The monoisotopic (exact) mass is 441 g/mol. The third kappa shape index (κ3) is 3.32. The topological polar surface area (TPSA) is 84.7 Å². The number of nitrogens with zero attached hydrogens (tertiary/aromatic N) is 1. The first-order chi connectivity index (χ1) is 14.2. The van der Waals surface area contributed by atoms with Crippen molar-refractivity contribution in [3.8, 4) is 0 Å². The molecule has 30 heavy (non-hydrogen) atoms. The van der Waals surface area contributed by atoms with Gasteiger partial charge in [-0.15, -0.1) is 0 Å². The minimum atomic E-state index is -4.17. The van der Waals surface area contributed by atoms with Crippen molar-refractivity contribution in [2.75, 3.05) is 4.31 Å². The van der Waals surface area contributed by atoms with Gasteiger partial charge in [-0.05, 0) is 29.7 Å². The molecule has 0 radical (unpaired) electrons. The van der Waals surface area contributed by atoms with Gasteiger partial charge in [0.2, 0.25) is 5.91 Å². The highest BCUT2D eigenvalue weighted by molar-refractivity contribution is 7.93. The molecule has 0 N–H and O–H groups in total. The second-order valence-corrected chi connectivity index (χ2v) is 10.00.